The zero-order valence-electron chi connectivity index (χ0n) is 15.4. The van der Waals surface area contributed by atoms with Gasteiger partial charge in [-0.3, -0.25) is 9.59 Å². The van der Waals surface area contributed by atoms with Gasteiger partial charge in [-0.25, -0.2) is 0 Å². The fourth-order valence-corrected chi connectivity index (χ4v) is 4.37. The molecule has 138 valence electrons. The molecular formula is C17H30N2O3S2. The molecule has 0 aromatic rings. The monoisotopic (exact) mass is 374 g/mol. The Labute approximate surface area is 154 Å². The van der Waals surface area contributed by atoms with Crippen LogP contribution in [0.5, 0.6) is 0 Å². The molecule has 24 heavy (non-hydrogen) atoms. The third kappa shape index (κ3) is 12.5. The molecule has 7 heteroatoms. The van der Waals surface area contributed by atoms with Crippen LogP contribution >= 0.6 is 21.6 Å². The van der Waals surface area contributed by atoms with Crippen molar-refractivity contribution in [1.82, 2.24) is 5.32 Å². The highest BCUT2D eigenvalue weighted by molar-refractivity contribution is 8.77. The van der Waals surface area contributed by atoms with Gasteiger partial charge >= 0.3 is 5.97 Å². The third-order valence-corrected chi connectivity index (χ3v) is 6.63. The van der Waals surface area contributed by atoms with Gasteiger partial charge in [0.25, 0.3) is 0 Å². The summed E-state index contributed by atoms with van der Waals surface area (Å²) >= 11 is 0. The number of nitriles is 1. The van der Waals surface area contributed by atoms with E-state index in [2.05, 4.69) is 26.1 Å². The first kappa shape index (κ1) is 23.1. The van der Waals surface area contributed by atoms with Crippen molar-refractivity contribution in [2.45, 2.75) is 58.6 Å². The number of nitrogens with zero attached hydrogens (tertiary/aromatic N) is 1. The van der Waals surface area contributed by atoms with E-state index in [4.69, 9.17) is 10.00 Å². The van der Waals surface area contributed by atoms with Crippen molar-refractivity contribution < 1.29 is 14.3 Å². The van der Waals surface area contributed by atoms with Crippen molar-refractivity contribution in [1.29, 1.82) is 5.26 Å². The van der Waals surface area contributed by atoms with Crippen LogP contribution in [0.1, 0.15) is 53.9 Å². The molecule has 0 aromatic heterocycles. The van der Waals surface area contributed by atoms with Gasteiger partial charge in [0, 0.05) is 23.0 Å². The second-order valence-electron chi connectivity index (χ2n) is 6.83. The van der Waals surface area contributed by atoms with E-state index in [9.17, 15) is 9.59 Å². The van der Waals surface area contributed by atoms with Crippen molar-refractivity contribution in [2.24, 2.45) is 11.8 Å². The van der Waals surface area contributed by atoms with E-state index in [1.54, 1.807) is 34.6 Å². The van der Waals surface area contributed by atoms with Crippen molar-refractivity contribution >= 4 is 33.5 Å². The molecule has 0 bridgehead atoms. The normalized spacial score (nSPS) is 13.7. The van der Waals surface area contributed by atoms with Gasteiger partial charge in [-0.2, -0.15) is 5.26 Å². The van der Waals surface area contributed by atoms with Gasteiger partial charge < -0.3 is 10.1 Å². The quantitative estimate of drug-likeness (QED) is 0.337. The van der Waals surface area contributed by atoms with E-state index in [1.807, 2.05) is 6.92 Å². The lowest BCUT2D eigenvalue weighted by Gasteiger charge is -2.18. The molecule has 0 aromatic carbocycles. The Kier molecular flexibility index (Phi) is 12.0. The molecule has 0 rings (SSSR count). The highest BCUT2D eigenvalue weighted by Crippen LogP contribution is 2.35. The molecule has 0 saturated heterocycles. The summed E-state index contributed by atoms with van der Waals surface area (Å²) in [5.74, 6) is 0.333. The smallest absolute Gasteiger partial charge is 0.309 e. The summed E-state index contributed by atoms with van der Waals surface area (Å²) in [5, 5.41) is 11.3. The highest BCUT2D eigenvalue weighted by atomic mass is 33.1. The molecular weight excluding hydrogens is 344 g/mol. The Morgan fingerprint density at radius 1 is 1.21 bits per heavy atom. The van der Waals surface area contributed by atoms with E-state index in [1.165, 1.54) is 0 Å². The molecule has 0 radical (unpaired) electrons. The Bertz CT molecular complexity index is 431. The Morgan fingerprint density at radius 2 is 1.88 bits per heavy atom. The number of unbranched alkanes of at least 4 members (excludes halogenated alkanes) is 1. The number of carbonyl (C=O) groups is 2. The van der Waals surface area contributed by atoms with Crippen LogP contribution in [0, 0.1) is 23.2 Å². The van der Waals surface area contributed by atoms with Crippen molar-refractivity contribution in [3.8, 4) is 6.07 Å². The summed E-state index contributed by atoms with van der Waals surface area (Å²) in [6.07, 6.45) is 2.37. The predicted molar refractivity (Wildman–Crippen MR) is 102 cm³/mol. The number of amides is 1. The minimum Gasteiger partial charge on any atom is -0.450 e. The fourth-order valence-electron chi connectivity index (χ4n) is 1.71. The summed E-state index contributed by atoms with van der Waals surface area (Å²) in [7, 11) is 3.53. The largest absolute Gasteiger partial charge is 0.450 e. The number of esters is 1. The van der Waals surface area contributed by atoms with E-state index in [0.717, 1.165) is 18.6 Å². The molecule has 0 aliphatic heterocycles. The second kappa shape index (κ2) is 12.5. The standard InChI is InChI=1S/C17H30N2O3S2/c1-13(16(21)22-11-9-18)8-6-7-10-19-15(20)14(2)12-23-24-17(3,4)5/h13-14H,6-8,10-12H2,1-5H3,(H,19,20)/t13-,14-/m0/s1. The Balaban J connectivity index is 3.74. The van der Waals surface area contributed by atoms with Gasteiger partial charge in [-0.15, -0.1) is 0 Å². The highest BCUT2D eigenvalue weighted by Gasteiger charge is 2.17. The first-order chi connectivity index (χ1) is 11.2. The van der Waals surface area contributed by atoms with Crippen LogP contribution in [-0.4, -0.2) is 35.5 Å². The van der Waals surface area contributed by atoms with E-state index in [0.29, 0.717) is 13.0 Å². The minimum absolute atomic E-state index is 0.00951. The maximum absolute atomic E-state index is 12.0. The van der Waals surface area contributed by atoms with Crippen molar-refractivity contribution in [3.63, 3.8) is 0 Å². The molecule has 5 nitrogen and oxygen atoms in total. The zero-order chi connectivity index (χ0) is 18.6. The maximum atomic E-state index is 12.0. The first-order valence-electron chi connectivity index (χ1n) is 8.29. The lowest BCUT2D eigenvalue weighted by atomic mass is 10.0. The van der Waals surface area contributed by atoms with Gasteiger partial charge in [-0.1, -0.05) is 62.6 Å². The van der Waals surface area contributed by atoms with E-state index < -0.39 is 0 Å². The third-order valence-electron chi connectivity index (χ3n) is 3.12. The number of nitrogens with one attached hydrogen (secondary N) is 1. The van der Waals surface area contributed by atoms with Crippen LogP contribution in [0.2, 0.25) is 0 Å². The van der Waals surface area contributed by atoms with Crippen molar-refractivity contribution in [2.75, 3.05) is 18.9 Å². The fraction of sp³-hybridized carbons (Fsp3) is 0.824. The molecule has 2 atom stereocenters. The Hall–Kier alpha value is -0.870. The topological polar surface area (TPSA) is 79.2 Å². The SMILES string of the molecule is C[C@@H](CSSC(C)(C)C)C(=O)NCCCC[C@H](C)C(=O)OCC#N. The van der Waals surface area contributed by atoms with Gasteiger partial charge in [0.2, 0.25) is 5.91 Å². The van der Waals surface area contributed by atoms with Crippen LogP contribution in [0.25, 0.3) is 0 Å². The Morgan fingerprint density at radius 3 is 2.46 bits per heavy atom. The molecule has 0 unspecified atom stereocenters. The molecule has 0 aliphatic carbocycles. The molecule has 0 saturated carbocycles. The van der Waals surface area contributed by atoms with E-state index >= 15 is 0 Å². The molecule has 1 N–H and O–H groups in total. The lowest BCUT2D eigenvalue weighted by molar-refractivity contribution is -0.146. The molecule has 0 spiro atoms. The lowest BCUT2D eigenvalue weighted by Crippen LogP contribution is -2.31. The van der Waals surface area contributed by atoms with Gasteiger partial charge in [0.05, 0.1) is 5.92 Å². The molecule has 0 aliphatic rings. The minimum atomic E-state index is -0.331. The van der Waals surface area contributed by atoms with Gasteiger partial charge in [-0.05, 0) is 12.8 Å². The van der Waals surface area contributed by atoms with Crippen LogP contribution in [0.4, 0.5) is 0 Å². The van der Waals surface area contributed by atoms with Crippen molar-refractivity contribution in [3.05, 3.63) is 0 Å². The van der Waals surface area contributed by atoms with E-state index in [-0.39, 0.29) is 35.1 Å². The summed E-state index contributed by atoms with van der Waals surface area (Å²) in [6, 6.07) is 1.78. The first-order valence-corrected chi connectivity index (χ1v) is 10.6. The summed E-state index contributed by atoms with van der Waals surface area (Å²) in [4.78, 5) is 23.5. The van der Waals surface area contributed by atoms with Crippen LogP contribution in [0.3, 0.4) is 0 Å². The van der Waals surface area contributed by atoms with Gasteiger partial charge in [0.1, 0.15) is 6.07 Å². The number of ether oxygens (including phenoxy) is 1. The maximum Gasteiger partial charge on any atom is 0.309 e. The number of carbonyl (C=O) groups excluding carboxylic acids is 2. The number of rotatable bonds is 11. The van der Waals surface area contributed by atoms with Crippen LogP contribution in [0.15, 0.2) is 0 Å². The number of hydrogen-bond acceptors (Lipinski definition) is 6. The molecule has 1 amide bonds. The summed E-state index contributed by atoms with van der Waals surface area (Å²) in [6.45, 7) is 10.7. The zero-order valence-corrected chi connectivity index (χ0v) is 17.0. The summed E-state index contributed by atoms with van der Waals surface area (Å²) in [5.41, 5.74) is 0. The average molecular weight is 375 g/mol. The molecule has 0 heterocycles. The average Bonchev–Trinajstić information content (AvgIpc) is 2.50. The van der Waals surface area contributed by atoms with Crippen LogP contribution < -0.4 is 5.32 Å². The van der Waals surface area contributed by atoms with Crippen LogP contribution in [-0.2, 0) is 14.3 Å². The van der Waals surface area contributed by atoms with Gasteiger partial charge in [0.15, 0.2) is 6.61 Å². The number of hydrogen-bond donors (Lipinski definition) is 1. The second-order valence-corrected chi connectivity index (χ2v) is 10.0. The molecule has 0 fully saturated rings. The summed E-state index contributed by atoms with van der Waals surface area (Å²) < 4.78 is 4.97. The predicted octanol–water partition coefficient (Wildman–Crippen LogP) is 3.79.